The van der Waals surface area contributed by atoms with Crippen LogP contribution >= 0.6 is 0 Å². The fraction of sp³-hybridized carbons (Fsp3) is 0.933. The first-order valence-electron chi connectivity index (χ1n) is 7.82. The van der Waals surface area contributed by atoms with Crippen LogP contribution in [0.25, 0.3) is 0 Å². The molecule has 5 nitrogen and oxygen atoms in total. The molecule has 2 fully saturated rings. The lowest BCUT2D eigenvalue weighted by molar-refractivity contribution is -0.149. The van der Waals surface area contributed by atoms with Gasteiger partial charge in [-0.2, -0.15) is 0 Å². The zero-order valence-corrected chi connectivity index (χ0v) is 12.8. The van der Waals surface area contributed by atoms with Gasteiger partial charge in [-0.05, 0) is 45.1 Å². The summed E-state index contributed by atoms with van der Waals surface area (Å²) >= 11 is 0. The van der Waals surface area contributed by atoms with Crippen LogP contribution in [0, 0.1) is 0 Å². The molecule has 3 atom stereocenters. The Labute approximate surface area is 121 Å². The third-order valence-corrected chi connectivity index (χ3v) is 4.74. The minimum Gasteiger partial charge on any atom is -0.468 e. The molecule has 5 heteroatoms. The Kier molecular flexibility index (Phi) is 5.41. The molecule has 1 saturated heterocycles. The van der Waals surface area contributed by atoms with Gasteiger partial charge in [-0.3, -0.25) is 9.69 Å². The van der Waals surface area contributed by atoms with Crippen molar-refractivity contribution in [3.05, 3.63) is 0 Å². The van der Waals surface area contributed by atoms with Crippen molar-refractivity contribution in [1.29, 1.82) is 0 Å². The van der Waals surface area contributed by atoms with Crippen LogP contribution in [0.2, 0.25) is 0 Å². The van der Waals surface area contributed by atoms with Crippen molar-refractivity contribution in [3.63, 3.8) is 0 Å². The highest BCUT2D eigenvalue weighted by Crippen LogP contribution is 2.31. The number of likely N-dealkylation sites (N-methyl/N-ethyl adjacent to an activating group) is 1. The highest BCUT2D eigenvalue weighted by atomic mass is 16.5. The Balaban J connectivity index is 1.96. The first-order chi connectivity index (χ1) is 9.59. The minimum atomic E-state index is -0.804. The van der Waals surface area contributed by atoms with Crippen LogP contribution in [0.1, 0.15) is 45.4 Å². The molecule has 0 amide bonds. The Morgan fingerprint density at radius 3 is 2.85 bits per heavy atom. The molecular weight excluding hydrogens is 256 g/mol. The Morgan fingerprint density at radius 2 is 2.25 bits per heavy atom. The van der Waals surface area contributed by atoms with Crippen molar-refractivity contribution in [1.82, 2.24) is 4.90 Å². The van der Waals surface area contributed by atoms with Gasteiger partial charge in [0, 0.05) is 19.2 Å². The zero-order valence-electron chi connectivity index (χ0n) is 12.8. The van der Waals surface area contributed by atoms with Crippen LogP contribution < -0.4 is 5.73 Å². The van der Waals surface area contributed by atoms with Crippen LogP contribution in [0.4, 0.5) is 0 Å². The van der Waals surface area contributed by atoms with E-state index in [1.807, 2.05) is 0 Å². The summed E-state index contributed by atoms with van der Waals surface area (Å²) in [5.74, 6) is -0.268. The monoisotopic (exact) mass is 284 g/mol. The zero-order chi connectivity index (χ0) is 14.6. The van der Waals surface area contributed by atoms with E-state index in [1.165, 1.54) is 7.11 Å². The van der Waals surface area contributed by atoms with Gasteiger partial charge in [-0.15, -0.1) is 0 Å². The summed E-state index contributed by atoms with van der Waals surface area (Å²) in [6.45, 7) is 4.98. The van der Waals surface area contributed by atoms with E-state index in [0.29, 0.717) is 18.6 Å². The second kappa shape index (κ2) is 6.87. The molecule has 116 valence electrons. The molecule has 0 aromatic carbocycles. The molecule has 0 spiro atoms. The predicted molar refractivity (Wildman–Crippen MR) is 77.4 cm³/mol. The smallest absolute Gasteiger partial charge is 0.325 e. The van der Waals surface area contributed by atoms with Crippen molar-refractivity contribution in [2.45, 2.75) is 63.1 Å². The summed E-state index contributed by atoms with van der Waals surface area (Å²) in [4.78, 5) is 14.3. The lowest BCUT2D eigenvalue weighted by Crippen LogP contribution is -2.56. The van der Waals surface area contributed by atoms with E-state index in [-0.39, 0.29) is 5.97 Å². The van der Waals surface area contributed by atoms with Crippen LogP contribution in [-0.2, 0) is 14.3 Å². The number of nitrogens with zero attached hydrogens (tertiary/aromatic N) is 1. The number of esters is 1. The van der Waals surface area contributed by atoms with Gasteiger partial charge in [0.05, 0.1) is 13.2 Å². The van der Waals surface area contributed by atoms with Crippen molar-refractivity contribution < 1.29 is 14.3 Å². The topological polar surface area (TPSA) is 64.8 Å². The molecular formula is C15H28N2O3. The highest BCUT2D eigenvalue weighted by molar-refractivity contribution is 5.80. The summed E-state index contributed by atoms with van der Waals surface area (Å²) < 4.78 is 10.6. The Hall–Kier alpha value is -0.650. The number of hydrogen-bond acceptors (Lipinski definition) is 5. The standard InChI is InChI=1S/C15H28N2O3/c1-3-17(11-13-7-5-9-20-13)12-6-4-8-15(16,10-12)14(18)19-2/h12-13H,3-11,16H2,1-2H3. The summed E-state index contributed by atoms with van der Waals surface area (Å²) in [5, 5.41) is 0. The van der Waals surface area contributed by atoms with Crippen molar-refractivity contribution in [2.24, 2.45) is 5.73 Å². The van der Waals surface area contributed by atoms with E-state index in [9.17, 15) is 4.79 Å². The molecule has 0 bridgehead atoms. The fourth-order valence-corrected chi connectivity index (χ4v) is 3.56. The van der Waals surface area contributed by atoms with Crippen LogP contribution in [0.3, 0.4) is 0 Å². The van der Waals surface area contributed by atoms with Crippen molar-refractivity contribution in [3.8, 4) is 0 Å². The maximum atomic E-state index is 11.9. The lowest BCUT2D eigenvalue weighted by atomic mass is 9.79. The van der Waals surface area contributed by atoms with Gasteiger partial charge in [0.15, 0.2) is 0 Å². The molecule has 3 unspecified atom stereocenters. The maximum absolute atomic E-state index is 11.9. The molecule has 2 N–H and O–H groups in total. The average molecular weight is 284 g/mol. The second-order valence-corrected chi connectivity index (χ2v) is 6.12. The molecule has 1 aliphatic carbocycles. The molecule has 0 aromatic heterocycles. The molecule has 20 heavy (non-hydrogen) atoms. The van der Waals surface area contributed by atoms with Gasteiger partial charge in [-0.25, -0.2) is 0 Å². The summed E-state index contributed by atoms with van der Waals surface area (Å²) in [6, 6.07) is 0.363. The number of ether oxygens (including phenoxy) is 2. The largest absolute Gasteiger partial charge is 0.468 e. The van der Waals surface area contributed by atoms with E-state index in [4.69, 9.17) is 15.2 Å². The predicted octanol–water partition coefficient (Wildman–Crippen LogP) is 1.30. The molecule has 1 heterocycles. The number of methoxy groups -OCH3 is 1. The van der Waals surface area contributed by atoms with Gasteiger partial charge in [0.25, 0.3) is 0 Å². The lowest BCUT2D eigenvalue weighted by Gasteiger charge is -2.41. The van der Waals surface area contributed by atoms with Gasteiger partial charge >= 0.3 is 5.97 Å². The molecule has 2 aliphatic rings. The number of hydrogen-bond donors (Lipinski definition) is 1. The second-order valence-electron chi connectivity index (χ2n) is 6.12. The van der Waals surface area contributed by atoms with Gasteiger partial charge in [-0.1, -0.05) is 6.92 Å². The van der Waals surface area contributed by atoms with Gasteiger partial charge < -0.3 is 15.2 Å². The van der Waals surface area contributed by atoms with Gasteiger partial charge in [0.2, 0.25) is 0 Å². The van der Waals surface area contributed by atoms with Gasteiger partial charge in [0.1, 0.15) is 5.54 Å². The SMILES string of the molecule is CCN(CC1CCCO1)C1CCCC(N)(C(=O)OC)C1. The molecule has 0 aromatic rings. The fourth-order valence-electron chi connectivity index (χ4n) is 3.56. The van der Waals surface area contributed by atoms with Crippen molar-refractivity contribution in [2.75, 3.05) is 26.8 Å². The molecule has 1 aliphatic heterocycles. The summed E-state index contributed by atoms with van der Waals surface area (Å²) in [5.41, 5.74) is 5.47. The first-order valence-corrected chi connectivity index (χ1v) is 7.82. The van der Waals surface area contributed by atoms with E-state index < -0.39 is 5.54 Å². The van der Waals surface area contributed by atoms with Crippen molar-refractivity contribution >= 4 is 5.97 Å². The highest BCUT2D eigenvalue weighted by Gasteiger charge is 2.42. The van der Waals surface area contributed by atoms with Crippen LogP contribution in [-0.4, -0.2) is 55.4 Å². The number of nitrogens with two attached hydrogens (primary N) is 1. The summed E-state index contributed by atoms with van der Waals surface area (Å²) in [6.07, 6.45) is 6.18. The van der Waals surface area contributed by atoms with E-state index in [0.717, 1.165) is 51.8 Å². The summed E-state index contributed by atoms with van der Waals surface area (Å²) in [7, 11) is 1.42. The van der Waals surface area contributed by atoms with E-state index in [1.54, 1.807) is 0 Å². The molecule has 1 saturated carbocycles. The Morgan fingerprint density at radius 1 is 1.45 bits per heavy atom. The van der Waals surface area contributed by atoms with Crippen LogP contribution in [0.5, 0.6) is 0 Å². The number of carbonyl (C=O) groups is 1. The van der Waals surface area contributed by atoms with Crippen LogP contribution in [0.15, 0.2) is 0 Å². The maximum Gasteiger partial charge on any atom is 0.325 e. The quantitative estimate of drug-likeness (QED) is 0.771. The minimum absolute atomic E-state index is 0.268. The molecule has 2 rings (SSSR count). The third-order valence-electron chi connectivity index (χ3n) is 4.74. The average Bonchev–Trinajstić information content (AvgIpc) is 2.96. The third kappa shape index (κ3) is 3.51. The Bertz CT molecular complexity index is 331. The number of rotatable bonds is 5. The van der Waals surface area contributed by atoms with E-state index >= 15 is 0 Å². The first kappa shape index (κ1) is 15.7. The van der Waals surface area contributed by atoms with E-state index in [2.05, 4.69) is 11.8 Å². The molecule has 0 radical (unpaired) electrons. The number of carbonyl (C=O) groups excluding carboxylic acids is 1. The normalized spacial score (nSPS) is 34.4.